The first-order chi connectivity index (χ1) is 10.6. The molecule has 0 unspecified atom stereocenters. The van der Waals surface area contributed by atoms with Crippen LogP contribution in [0.3, 0.4) is 0 Å². The van der Waals surface area contributed by atoms with Crippen molar-refractivity contribution in [3.8, 4) is 0 Å². The fourth-order valence-electron chi connectivity index (χ4n) is 2.97. The Morgan fingerprint density at radius 2 is 1.64 bits per heavy atom. The highest BCUT2D eigenvalue weighted by Crippen LogP contribution is 2.37. The van der Waals surface area contributed by atoms with Gasteiger partial charge in [0.05, 0.1) is 16.8 Å². The van der Waals surface area contributed by atoms with Gasteiger partial charge in [-0.2, -0.15) is 0 Å². The molecule has 0 fully saturated rings. The number of nitrogens with one attached hydrogen (secondary N) is 1. The zero-order valence-corrected chi connectivity index (χ0v) is 13.3. The standard InChI is InChI=1S/C17H11BrN2O2/c1-9-15(13-8-10(18)6-7-14(13)19-9)20-16(21)11-4-2-3-5-12(11)17(20)22/h2-8,19H,1H3. The molecular weight excluding hydrogens is 344 g/mol. The number of H-pyrrole nitrogens is 1. The molecule has 0 bridgehead atoms. The first kappa shape index (κ1) is 13.3. The predicted molar refractivity (Wildman–Crippen MR) is 88.3 cm³/mol. The average Bonchev–Trinajstić information content (AvgIpc) is 2.95. The van der Waals surface area contributed by atoms with E-state index in [0.717, 1.165) is 21.1 Å². The van der Waals surface area contributed by atoms with Crippen molar-refractivity contribution >= 4 is 44.3 Å². The zero-order chi connectivity index (χ0) is 15.4. The second kappa shape index (κ2) is 4.55. The highest BCUT2D eigenvalue weighted by molar-refractivity contribution is 9.10. The van der Waals surface area contributed by atoms with Crippen LogP contribution in [0.4, 0.5) is 5.69 Å². The highest BCUT2D eigenvalue weighted by Gasteiger charge is 2.38. The Kier molecular flexibility index (Phi) is 2.74. The number of benzene rings is 2. The summed E-state index contributed by atoms with van der Waals surface area (Å²) >= 11 is 3.44. The Morgan fingerprint density at radius 3 is 2.27 bits per heavy atom. The van der Waals surface area contributed by atoms with Crippen LogP contribution in [0.2, 0.25) is 0 Å². The van der Waals surface area contributed by atoms with E-state index in [1.165, 1.54) is 4.90 Å². The summed E-state index contributed by atoms with van der Waals surface area (Å²) in [6.45, 7) is 1.87. The number of aryl methyl sites for hydroxylation is 1. The number of nitrogens with zero attached hydrogens (tertiary/aromatic N) is 1. The lowest BCUT2D eigenvalue weighted by Gasteiger charge is -2.14. The number of fused-ring (bicyclic) bond motifs is 2. The predicted octanol–water partition coefficient (Wildman–Crippen LogP) is 4.04. The summed E-state index contributed by atoms with van der Waals surface area (Å²) in [5.74, 6) is -0.547. The summed E-state index contributed by atoms with van der Waals surface area (Å²) in [6.07, 6.45) is 0. The second-order valence-electron chi connectivity index (χ2n) is 5.28. The van der Waals surface area contributed by atoms with Crippen molar-refractivity contribution < 1.29 is 9.59 Å². The average molecular weight is 355 g/mol. The normalized spacial score (nSPS) is 14.0. The Labute approximate surface area is 134 Å². The summed E-state index contributed by atoms with van der Waals surface area (Å²) in [7, 11) is 0. The third kappa shape index (κ3) is 1.69. The van der Waals surface area contributed by atoms with E-state index >= 15 is 0 Å². The quantitative estimate of drug-likeness (QED) is 0.670. The van der Waals surface area contributed by atoms with E-state index in [4.69, 9.17) is 0 Å². The molecule has 4 rings (SSSR count). The van der Waals surface area contributed by atoms with Crippen LogP contribution in [0.15, 0.2) is 46.9 Å². The summed E-state index contributed by atoms with van der Waals surface area (Å²) in [6, 6.07) is 12.7. The first-order valence-corrected chi connectivity index (χ1v) is 7.63. The van der Waals surface area contributed by atoms with Crippen LogP contribution in [-0.2, 0) is 0 Å². The lowest BCUT2D eigenvalue weighted by atomic mass is 10.1. The van der Waals surface area contributed by atoms with Gasteiger partial charge in [-0.3, -0.25) is 9.59 Å². The molecule has 0 radical (unpaired) electrons. The van der Waals surface area contributed by atoms with Gasteiger partial charge in [0.1, 0.15) is 0 Å². The first-order valence-electron chi connectivity index (χ1n) is 6.83. The Bertz CT molecular complexity index is 923. The van der Waals surface area contributed by atoms with Crippen molar-refractivity contribution in [2.24, 2.45) is 0 Å². The maximum Gasteiger partial charge on any atom is 0.266 e. The van der Waals surface area contributed by atoms with Gasteiger partial charge in [0, 0.05) is 21.1 Å². The van der Waals surface area contributed by atoms with Crippen molar-refractivity contribution in [2.45, 2.75) is 6.92 Å². The number of hydrogen-bond acceptors (Lipinski definition) is 2. The van der Waals surface area contributed by atoms with Gasteiger partial charge in [0.15, 0.2) is 0 Å². The minimum Gasteiger partial charge on any atom is -0.357 e. The lowest BCUT2D eigenvalue weighted by molar-refractivity contribution is 0.0926. The number of rotatable bonds is 1. The van der Waals surface area contributed by atoms with E-state index < -0.39 is 0 Å². The number of anilines is 1. The van der Waals surface area contributed by atoms with Crippen LogP contribution < -0.4 is 4.90 Å². The molecule has 1 aliphatic heterocycles. The van der Waals surface area contributed by atoms with Crippen LogP contribution in [0.5, 0.6) is 0 Å². The molecule has 2 heterocycles. The largest absolute Gasteiger partial charge is 0.357 e. The summed E-state index contributed by atoms with van der Waals surface area (Å²) < 4.78 is 0.900. The molecule has 1 aliphatic rings. The summed E-state index contributed by atoms with van der Waals surface area (Å²) in [4.78, 5) is 29.8. The number of carbonyl (C=O) groups excluding carboxylic acids is 2. The third-order valence-corrected chi connectivity index (χ3v) is 4.43. The fraction of sp³-hybridized carbons (Fsp3) is 0.0588. The van der Waals surface area contributed by atoms with Crippen molar-refractivity contribution in [2.75, 3.05) is 4.90 Å². The molecule has 5 heteroatoms. The fourth-order valence-corrected chi connectivity index (χ4v) is 3.33. The molecule has 22 heavy (non-hydrogen) atoms. The number of aromatic amines is 1. The summed E-state index contributed by atoms with van der Waals surface area (Å²) in [5, 5.41) is 0.849. The van der Waals surface area contributed by atoms with Crippen LogP contribution in [0.25, 0.3) is 10.9 Å². The molecule has 2 amide bonds. The van der Waals surface area contributed by atoms with Crippen LogP contribution in [-0.4, -0.2) is 16.8 Å². The van der Waals surface area contributed by atoms with Crippen LogP contribution in [0.1, 0.15) is 26.4 Å². The number of carbonyl (C=O) groups is 2. The molecule has 0 atom stereocenters. The van der Waals surface area contributed by atoms with E-state index in [1.54, 1.807) is 24.3 Å². The van der Waals surface area contributed by atoms with Crippen molar-refractivity contribution in [3.63, 3.8) is 0 Å². The molecule has 108 valence electrons. The molecule has 1 N–H and O–H groups in total. The molecular formula is C17H11BrN2O2. The van der Waals surface area contributed by atoms with E-state index in [2.05, 4.69) is 20.9 Å². The van der Waals surface area contributed by atoms with Gasteiger partial charge < -0.3 is 4.98 Å². The van der Waals surface area contributed by atoms with Gasteiger partial charge in [-0.1, -0.05) is 28.1 Å². The molecule has 0 spiro atoms. The monoisotopic (exact) mass is 354 g/mol. The van der Waals surface area contributed by atoms with E-state index in [1.807, 2.05) is 25.1 Å². The number of aromatic nitrogens is 1. The second-order valence-corrected chi connectivity index (χ2v) is 6.20. The molecule has 1 aromatic heterocycles. The molecule has 0 saturated heterocycles. The minimum absolute atomic E-state index is 0.274. The van der Waals surface area contributed by atoms with Gasteiger partial charge >= 0.3 is 0 Å². The molecule has 0 aliphatic carbocycles. The zero-order valence-electron chi connectivity index (χ0n) is 11.7. The maximum absolute atomic E-state index is 12.7. The van der Waals surface area contributed by atoms with Gasteiger partial charge in [0.25, 0.3) is 11.8 Å². The van der Waals surface area contributed by atoms with E-state index in [-0.39, 0.29) is 11.8 Å². The molecule has 2 aromatic carbocycles. The number of imide groups is 1. The number of amides is 2. The SMILES string of the molecule is Cc1[nH]c2ccc(Br)cc2c1N1C(=O)c2ccccc2C1=O. The van der Waals surface area contributed by atoms with Gasteiger partial charge in [-0.15, -0.1) is 0 Å². The Balaban J connectivity index is 1.98. The van der Waals surface area contributed by atoms with Crippen molar-refractivity contribution in [3.05, 3.63) is 63.8 Å². The van der Waals surface area contributed by atoms with Gasteiger partial charge in [-0.05, 0) is 37.3 Å². The van der Waals surface area contributed by atoms with Crippen molar-refractivity contribution in [1.82, 2.24) is 4.98 Å². The Morgan fingerprint density at radius 1 is 1.00 bits per heavy atom. The molecule has 3 aromatic rings. The maximum atomic E-state index is 12.7. The topological polar surface area (TPSA) is 53.2 Å². The molecule has 0 saturated carbocycles. The highest BCUT2D eigenvalue weighted by atomic mass is 79.9. The van der Waals surface area contributed by atoms with Gasteiger partial charge in [-0.25, -0.2) is 4.90 Å². The number of halogens is 1. The number of hydrogen-bond donors (Lipinski definition) is 1. The Hall–Kier alpha value is -2.40. The molecule has 4 nitrogen and oxygen atoms in total. The van der Waals surface area contributed by atoms with Crippen molar-refractivity contribution in [1.29, 1.82) is 0 Å². The van der Waals surface area contributed by atoms with Crippen LogP contribution in [0, 0.1) is 6.92 Å². The third-order valence-electron chi connectivity index (χ3n) is 3.93. The van der Waals surface area contributed by atoms with E-state index in [9.17, 15) is 9.59 Å². The van der Waals surface area contributed by atoms with E-state index in [0.29, 0.717) is 16.8 Å². The smallest absolute Gasteiger partial charge is 0.266 e. The van der Waals surface area contributed by atoms with Gasteiger partial charge in [0.2, 0.25) is 0 Å². The lowest BCUT2D eigenvalue weighted by Crippen LogP contribution is -2.29. The minimum atomic E-state index is -0.274. The summed E-state index contributed by atoms with van der Waals surface area (Å²) in [5.41, 5.74) is 3.23. The van der Waals surface area contributed by atoms with Crippen LogP contribution >= 0.6 is 15.9 Å².